The Hall–Kier alpha value is -0.770. The van der Waals surface area contributed by atoms with E-state index in [1.165, 1.54) is 0 Å². The van der Waals surface area contributed by atoms with E-state index >= 15 is 0 Å². The van der Waals surface area contributed by atoms with Crippen molar-refractivity contribution >= 4 is 5.96 Å². The van der Waals surface area contributed by atoms with Gasteiger partial charge < -0.3 is 15.7 Å². The Morgan fingerprint density at radius 3 is 2.75 bits per heavy atom. The zero-order valence-corrected chi connectivity index (χ0v) is 7.45. The molecule has 0 aromatic heterocycles. The highest BCUT2D eigenvalue weighted by Gasteiger charge is 2.26. The summed E-state index contributed by atoms with van der Waals surface area (Å²) in [7, 11) is 0. The average Bonchev–Trinajstić information content (AvgIpc) is 2.04. The molecule has 12 heavy (non-hydrogen) atoms. The molecule has 0 aromatic carbocycles. The number of nitrogens with zero attached hydrogens (tertiary/aromatic N) is 1. The maximum absolute atomic E-state index is 9.40. The number of nitrogens with one attached hydrogen (secondary N) is 1. The number of rotatable bonds is 1. The Morgan fingerprint density at radius 2 is 2.33 bits per heavy atom. The van der Waals surface area contributed by atoms with Crippen molar-refractivity contribution in [1.82, 2.24) is 4.90 Å². The predicted molar refractivity (Wildman–Crippen MR) is 47.9 cm³/mol. The average molecular weight is 171 g/mol. The van der Waals surface area contributed by atoms with Crippen LogP contribution >= 0.6 is 0 Å². The van der Waals surface area contributed by atoms with Crippen LogP contribution in [0.1, 0.15) is 26.2 Å². The van der Waals surface area contributed by atoms with E-state index in [0.717, 1.165) is 25.8 Å². The molecule has 4 nitrogen and oxygen atoms in total. The van der Waals surface area contributed by atoms with Crippen molar-refractivity contribution < 1.29 is 5.11 Å². The Balaban J connectivity index is 2.60. The molecule has 4 N–H and O–H groups in total. The molecule has 0 saturated carbocycles. The van der Waals surface area contributed by atoms with Crippen molar-refractivity contribution in [2.24, 2.45) is 5.73 Å². The minimum Gasteiger partial charge on any atom is -0.391 e. The van der Waals surface area contributed by atoms with Gasteiger partial charge in [-0.25, -0.2) is 0 Å². The van der Waals surface area contributed by atoms with Crippen molar-refractivity contribution in [2.45, 2.75) is 38.3 Å². The van der Waals surface area contributed by atoms with Gasteiger partial charge in [-0.2, -0.15) is 0 Å². The molecule has 0 aliphatic carbocycles. The third-order valence-electron chi connectivity index (χ3n) is 2.42. The molecule has 0 spiro atoms. The molecule has 0 amide bonds. The molecule has 0 aromatic rings. The first-order chi connectivity index (χ1) is 5.63. The van der Waals surface area contributed by atoms with Crippen LogP contribution in [0.3, 0.4) is 0 Å². The minimum absolute atomic E-state index is 0.0521. The summed E-state index contributed by atoms with van der Waals surface area (Å²) < 4.78 is 0. The van der Waals surface area contributed by atoms with Crippen molar-refractivity contribution in [3.8, 4) is 0 Å². The van der Waals surface area contributed by atoms with Crippen molar-refractivity contribution in [3.05, 3.63) is 0 Å². The van der Waals surface area contributed by atoms with Crippen molar-refractivity contribution in [1.29, 1.82) is 5.41 Å². The number of aliphatic hydroxyl groups excluding tert-OH is 1. The highest BCUT2D eigenvalue weighted by Crippen LogP contribution is 2.18. The van der Waals surface area contributed by atoms with E-state index in [9.17, 15) is 5.11 Å². The van der Waals surface area contributed by atoms with Gasteiger partial charge in [0.15, 0.2) is 5.96 Å². The van der Waals surface area contributed by atoms with Crippen LogP contribution < -0.4 is 5.73 Å². The normalized spacial score (nSPS) is 26.8. The second-order valence-corrected chi connectivity index (χ2v) is 3.38. The van der Waals surface area contributed by atoms with Crippen LogP contribution in [0.25, 0.3) is 0 Å². The smallest absolute Gasteiger partial charge is 0.188 e. The molecule has 1 fully saturated rings. The van der Waals surface area contributed by atoms with E-state index < -0.39 is 6.10 Å². The number of nitrogens with two attached hydrogens (primary N) is 1. The summed E-state index contributed by atoms with van der Waals surface area (Å²) in [5.41, 5.74) is 5.39. The molecule has 0 radical (unpaired) electrons. The van der Waals surface area contributed by atoms with Crippen LogP contribution in [0, 0.1) is 5.41 Å². The van der Waals surface area contributed by atoms with Crippen LogP contribution in [0.2, 0.25) is 0 Å². The topological polar surface area (TPSA) is 73.3 Å². The van der Waals surface area contributed by atoms with Crippen LogP contribution in [-0.2, 0) is 0 Å². The molecule has 0 unspecified atom stereocenters. The zero-order valence-electron chi connectivity index (χ0n) is 7.45. The van der Waals surface area contributed by atoms with Crippen molar-refractivity contribution in [2.75, 3.05) is 6.54 Å². The summed E-state index contributed by atoms with van der Waals surface area (Å²) >= 11 is 0. The summed E-state index contributed by atoms with van der Waals surface area (Å²) in [5.74, 6) is 0.0839. The summed E-state index contributed by atoms with van der Waals surface area (Å²) in [6.07, 6.45) is 2.74. The van der Waals surface area contributed by atoms with Crippen molar-refractivity contribution in [3.63, 3.8) is 0 Å². The third-order valence-corrected chi connectivity index (χ3v) is 2.42. The fourth-order valence-electron chi connectivity index (χ4n) is 1.76. The summed E-state index contributed by atoms with van der Waals surface area (Å²) in [5, 5.41) is 16.7. The number of aliphatic hydroxyl groups is 1. The lowest BCUT2D eigenvalue weighted by atomic mass is 9.99. The van der Waals surface area contributed by atoms with Gasteiger partial charge in [-0.1, -0.05) is 0 Å². The quantitative estimate of drug-likeness (QED) is 0.387. The highest BCUT2D eigenvalue weighted by molar-refractivity contribution is 5.75. The standard InChI is InChI=1S/C8H17N3O/c1-6(12)7-4-2-3-5-11(7)8(9)10/h6-7,12H,2-5H2,1H3,(H3,9,10)/t6-,7+/m1/s1. The molecule has 1 saturated heterocycles. The zero-order chi connectivity index (χ0) is 9.14. The second-order valence-electron chi connectivity index (χ2n) is 3.38. The number of likely N-dealkylation sites (tertiary alicyclic amines) is 1. The summed E-state index contributed by atoms with van der Waals surface area (Å²) in [4.78, 5) is 1.79. The lowest BCUT2D eigenvalue weighted by molar-refractivity contribution is 0.0754. The van der Waals surface area contributed by atoms with Gasteiger partial charge in [0, 0.05) is 6.54 Å². The maximum Gasteiger partial charge on any atom is 0.188 e. The lowest BCUT2D eigenvalue weighted by Gasteiger charge is -2.37. The number of hydrogen-bond acceptors (Lipinski definition) is 2. The van der Waals surface area contributed by atoms with Crippen LogP contribution in [-0.4, -0.2) is 34.7 Å². The molecule has 2 atom stereocenters. The Labute approximate surface area is 72.9 Å². The summed E-state index contributed by atoms with van der Waals surface area (Å²) in [6.45, 7) is 2.57. The molecule has 0 bridgehead atoms. The van der Waals surface area contributed by atoms with E-state index in [0.29, 0.717) is 0 Å². The van der Waals surface area contributed by atoms with E-state index in [1.54, 1.807) is 11.8 Å². The second kappa shape index (κ2) is 3.76. The first-order valence-corrected chi connectivity index (χ1v) is 4.41. The van der Waals surface area contributed by atoms with Crippen LogP contribution in [0.5, 0.6) is 0 Å². The highest BCUT2D eigenvalue weighted by atomic mass is 16.3. The molecular weight excluding hydrogens is 154 g/mol. The van der Waals surface area contributed by atoms with E-state index in [4.69, 9.17) is 11.1 Å². The molecular formula is C8H17N3O. The van der Waals surface area contributed by atoms with E-state index in [1.807, 2.05) is 0 Å². The number of guanidine groups is 1. The minimum atomic E-state index is -0.394. The fraction of sp³-hybridized carbons (Fsp3) is 0.875. The maximum atomic E-state index is 9.40. The first kappa shape index (κ1) is 9.32. The molecule has 1 heterocycles. The number of hydrogen-bond donors (Lipinski definition) is 3. The Morgan fingerprint density at radius 1 is 1.67 bits per heavy atom. The number of piperidine rings is 1. The molecule has 4 heteroatoms. The van der Waals surface area contributed by atoms with Gasteiger partial charge in [-0.05, 0) is 26.2 Å². The largest absolute Gasteiger partial charge is 0.391 e. The molecule has 70 valence electrons. The van der Waals surface area contributed by atoms with E-state index in [2.05, 4.69) is 0 Å². The molecule has 1 rings (SSSR count). The van der Waals surface area contributed by atoms with Gasteiger partial charge in [0.1, 0.15) is 0 Å². The Kier molecular flexibility index (Phi) is 2.92. The van der Waals surface area contributed by atoms with Gasteiger partial charge in [0.25, 0.3) is 0 Å². The van der Waals surface area contributed by atoms with Gasteiger partial charge in [0.2, 0.25) is 0 Å². The Bertz CT molecular complexity index is 170. The molecule has 1 aliphatic rings. The van der Waals surface area contributed by atoms with Crippen LogP contribution in [0.4, 0.5) is 0 Å². The third kappa shape index (κ3) is 1.88. The van der Waals surface area contributed by atoms with Gasteiger partial charge in [0.05, 0.1) is 12.1 Å². The first-order valence-electron chi connectivity index (χ1n) is 4.41. The van der Waals surface area contributed by atoms with Crippen LogP contribution in [0.15, 0.2) is 0 Å². The van der Waals surface area contributed by atoms with E-state index in [-0.39, 0.29) is 12.0 Å². The lowest BCUT2D eigenvalue weighted by Crippen LogP contribution is -2.51. The predicted octanol–water partition coefficient (Wildman–Crippen LogP) is 0.115. The molecule has 1 aliphatic heterocycles. The van der Waals surface area contributed by atoms with Gasteiger partial charge >= 0.3 is 0 Å². The van der Waals surface area contributed by atoms with Gasteiger partial charge in [-0.3, -0.25) is 5.41 Å². The van der Waals surface area contributed by atoms with Gasteiger partial charge in [-0.15, -0.1) is 0 Å². The monoisotopic (exact) mass is 171 g/mol. The summed E-state index contributed by atoms with van der Waals surface area (Å²) in [6, 6.07) is 0.0521. The SMILES string of the molecule is C[C@@H](O)[C@@H]1CCCCN1C(=N)N. The fourth-order valence-corrected chi connectivity index (χ4v) is 1.76.